The number of hydrogen-bond donors (Lipinski definition) is 2. The third kappa shape index (κ3) is 5.66. The Bertz CT molecular complexity index is 720. The molecule has 0 bridgehead atoms. The number of nitrogens with zero attached hydrogens (tertiary/aromatic N) is 1. The number of benzene rings is 2. The summed E-state index contributed by atoms with van der Waals surface area (Å²) in [6.07, 6.45) is 0.700. The second kappa shape index (κ2) is 8.74. The molecule has 134 valence electrons. The van der Waals surface area contributed by atoms with Crippen LogP contribution in [-0.2, 0) is 6.42 Å². The fourth-order valence-electron chi connectivity index (χ4n) is 2.35. The van der Waals surface area contributed by atoms with Crippen LogP contribution in [0.4, 0.5) is 0 Å². The first-order valence-corrected chi connectivity index (χ1v) is 8.39. The summed E-state index contributed by atoms with van der Waals surface area (Å²) >= 11 is 6.16. The van der Waals surface area contributed by atoms with E-state index in [0.717, 1.165) is 5.56 Å². The van der Waals surface area contributed by atoms with Crippen LogP contribution in [0, 0.1) is 0 Å². The molecule has 5 nitrogen and oxygen atoms in total. The van der Waals surface area contributed by atoms with E-state index in [4.69, 9.17) is 16.3 Å². The summed E-state index contributed by atoms with van der Waals surface area (Å²) < 4.78 is 5.48. The maximum atomic E-state index is 12.4. The van der Waals surface area contributed by atoms with Crippen LogP contribution in [-0.4, -0.2) is 42.8 Å². The highest BCUT2D eigenvalue weighted by Gasteiger charge is 2.17. The van der Waals surface area contributed by atoms with Crippen molar-refractivity contribution in [2.75, 3.05) is 20.8 Å². The van der Waals surface area contributed by atoms with E-state index in [9.17, 15) is 9.90 Å². The zero-order chi connectivity index (χ0) is 18.4. The molecule has 1 amide bonds. The molecule has 0 heterocycles. The molecule has 0 saturated carbocycles. The molecule has 2 aromatic rings. The van der Waals surface area contributed by atoms with Crippen molar-refractivity contribution in [3.05, 3.63) is 58.6 Å². The monoisotopic (exact) mass is 362 g/mol. The molecule has 2 N–H and O–H groups in total. The van der Waals surface area contributed by atoms with Gasteiger partial charge in [-0.3, -0.25) is 9.69 Å². The van der Waals surface area contributed by atoms with E-state index >= 15 is 0 Å². The number of aromatic hydroxyl groups is 1. The van der Waals surface area contributed by atoms with Crippen molar-refractivity contribution in [1.29, 1.82) is 0 Å². The van der Waals surface area contributed by atoms with Crippen molar-refractivity contribution < 1.29 is 14.6 Å². The predicted molar refractivity (Wildman–Crippen MR) is 99.4 cm³/mol. The van der Waals surface area contributed by atoms with Crippen LogP contribution in [0.3, 0.4) is 0 Å². The molecule has 0 radical (unpaired) electrons. The molecule has 0 unspecified atom stereocenters. The minimum Gasteiger partial charge on any atom is -0.507 e. The van der Waals surface area contributed by atoms with Crippen LogP contribution in [0.5, 0.6) is 11.5 Å². The molecule has 6 heteroatoms. The summed E-state index contributed by atoms with van der Waals surface area (Å²) in [4.78, 5) is 14.2. The Morgan fingerprint density at radius 3 is 2.60 bits per heavy atom. The van der Waals surface area contributed by atoms with Crippen LogP contribution in [0.2, 0.25) is 5.02 Å². The number of carbonyl (C=O) groups is 1. The van der Waals surface area contributed by atoms with Gasteiger partial charge in [0.25, 0.3) is 5.91 Å². The van der Waals surface area contributed by atoms with E-state index in [1.54, 1.807) is 0 Å². The van der Waals surface area contributed by atoms with Gasteiger partial charge in [-0.15, -0.1) is 0 Å². The molecule has 25 heavy (non-hydrogen) atoms. The van der Waals surface area contributed by atoms with Crippen LogP contribution in [0.15, 0.2) is 42.5 Å². The fourth-order valence-corrected chi connectivity index (χ4v) is 2.57. The number of halogens is 1. The van der Waals surface area contributed by atoms with Crippen LogP contribution >= 0.6 is 11.6 Å². The van der Waals surface area contributed by atoms with E-state index in [1.807, 2.05) is 56.3 Å². The summed E-state index contributed by atoms with van der Waals surface area (Å²) in [5, 5.41) is 13.3. The highest BCUT2D eigenvalue weighted by Crippen LogP contribution is 2.32. The van der Waals surface area contributed by atoms with Crippen LogP contribution < -0.4 is 10.1 Å². The number of nitrogens with one attached hydrogen (secondary N) is 1. The van der Waals surface area contributed by atoms with Gasteiger partial charge in [-0.2, -0.15) is 0 Å². The summed E-state index contributed by atoms with van der Waals surface area (Å²) in [6.45, 7) is 2.23. The number of ether oxygens (including phenoxy) is 1. The standard InChI is InChI=1S/C19H23ClN2O3/c1-13(9-14-7-5-4-6-8-14)21-19(24)15-10-16(20)18(11-17(15)23)25-12-22(2)3/h4-8,10-11,13,23H,9,12H2,1-3H3,(H,21,24)/t13-/m1/s1. The first kappa shape index (κ1) is 19.1. The van der Waals surface area contributed by atoms with Crippen LogP contribution in [0.1, 0.15) is 22.8 Å². The number of phenolic OH excluding ortho intramolecular Hbond substituents is 1. The van der Waals surface area contributed by atoms with E-state index in [0.29, 0.717) is 18.9 Å². The number of hydrogen-bond acceptors (Lipinski definition) is 4. The normalized spacial score (nSPS) is 12.0. The van der Waals surface area contributed by atoms with Gasteiger partial charge in [-0.25, -0.2) is 0 Å². The SMILES string of the molecule is C[C@H](Cc1ccccc1)NC(=O)c1cc(Cl)c(OCN(C)C)cc1O. The minimum atomic E-state index is -0.373. The Kier molecular flexibility index (Phi) is 6.67. The Morgan fingerprint density at radius 2 is 1.96 bits per heavy atom. The highest BCUT2D eigenvalue weighted by molar-refractivity contribution is 6.32. The third-order valence-electron chi connectivity index (χ3n) is 3.54. The summed E-state index contributed by atoms with van der Waals surface area (Å²) in [5.74, 6) is -0.202. The second-order valence-corrected chi connectivity index (χ2v) is 6.62. The molecule has 0 aromatic heterocycles. The molecule has 2 aromatic carbocycles. The first-order chi connectivity index (χ1) is 11.9. The summed E-state index contributed by atoms with van der Waals surface area (Å²) in [7, 11) is 3.70. The maximum Gasteiger partial charge on any atom is 0.255 e. The van der Waals surface area contributed by atoms with Gasteiger partial charge in [-0.1, -0.05) is 41.9 Å². The molecule has 2 rings (SSSR count). The topological polar surface area (TPSA) is 61.8 Å². The van der Waals surface area contributed by atoms with E-state index in [2.05, 4.69) is 5.32 Å². The van der Waals surface area contributed by atoms with Crippen molar-refractivity contribution in [1.82, 2.24) is 10.2 Å². The van der Waals surface area contributed by atoms with Crippen molar-refractivity contribution in [3.63, 3.8) is 0 Å². The largest absolute Gasteiger partial charge is 0.507 e. The third-order valence-corrected chi connectivity index (χ3v) is 3.83. The van der Waals surface area contributed by atoms with E-state index in [-0.39, 0.29) is 28.3 Å². The zero-order valence-electron chi connectivity index (χ0n) is 14.6. The Hall–Kier alpha value is -2.24. The van der Waals surface area contributed by atoms with Gasteiger partial charge >= 0.3 is 0 Å². The lowest BCUT2D eigenvalue weighted by Gasteiger charge is -2.16. The predicted octanol–water partition coefficient (Wildman–Crippen LogP) is 3.30. The average molecular weight is 363 g/mol. The number of phenols is 1. The lowest BCUT2D eigenvalue weighted by Crippen LogP contribution is -2.34. The molecule has 0 spiro atoms. The number of amides is 1. The molecule has 0 aliphatic heterocycles. The Labute approximate surface area is 153 Å². The van der Waals surface area contributed by atoms with Gasteiger partial charge in [-0.05, 0) is 39.1 Å². The van der Waals surface area contributed by atoms with Gasteiger partial charge in [0, 0.05) is 12.1 Å². The Morgan fingerprint density at radius 1 is 1.28 bits per heavy atom. The second-order valence-electron chi connectivity index (χ2n) is 6.22. The smallest absolute Gasteiger partial charge is 0.255 e. The molecular formula is C19H23ClN2O3. The molecule has 0 saturated heterocycles. The number of carbonyl (C=O) groups excluding carboxylic acids is 1. The quantitative estimate of drug-likeness (QED) is 0.742. The Balaban J connectivity index is 2.04. The van der Waals surface area contributed by atoms with Crippen molar-refractivity contribution in [2.24, 2.45) is 0 Å². The van der Waals surface area contributed by atoms with Crippen LogP contribution in [0.25, 0.3) is 0 Å². The van der Waals surface area contributed by atoms with Gasteiger partial charge < -0.3 is 15.2 Å². The molecular weight excluding hydrogens is 340 g/mol. The maximum absolute atomic E-state index is 12.4. The minimum absolute atomic E-state index is 0.0854. The highest BCUT2D eigenvalue weighted by atomic mass is 35.5. The molecule has 0 aliphatic rings. The van der Waals surface area contributed by atoms with Crippen molar-refractivity contribution >= 4 is 17.5 Å². The zero-order valence-corrected chi connectivity index (χ0v) is 15.4. The van der Waals surface area contributed by atoms with Gasteiger partial charge in [0.2, 0.25) is 0 Å². The van der Waals surface area contributed by atoms with Gasteiger partial charge in [0.15, 0.2) is 0 Å². The summed E-state index contributed by atoms with van der Waals surface area (Å²) in [6, 6.07) is 12.6. The van der Waals surface area contributed by atoms with E-state index < -0.39 is 0 Å². The molecule has 1 atom stereocenters. The van der Waals surface area contributed by atoms with Crippen molar-refractivity contribution in [3.8, 4) is 11.5 Å². The lowest BCUT2D eigenvalue weighted by atomic mass is 10.1. The first-order valence-electron chi connectivity index (χ1n) is 8.01. The summed E-state index contributed by atoms with van der Waals surface area (Å²) in [5.41, 5.74) is 1.26. The lowest BCUT2D eigenvalue weighted by molar-refractivity contribution is 0.0937. The van der Waals surface area contributed by atoms with Gasteiger partial charge in [0.05, 0.1) is 10.6 Å². The van der Waals surface area contributed by atoms with Crippen molar-refractivity contribution in [2.45, 2.75) is 19.4 Å². The molecule has 0 aliphatic carbocycles. The number of rotatable bonds is 7. The molecule has 0 fully saturated rings. The van der Waals surface area contributed by atoms with E-state index in [1.165, 1.54) is 12.1 Å². The average Bonchev–Trinajstić information content (AvgIpc) is 2.55. The fraction of sp³-hybridized carbons (Fsp3) is 0.316. The van der Waals surface area contributed by atoms with Gasteiger partial charge in [0.1, 0.15) is 18.2 Å².